The molecule has 0 aliphatic heterocycles. The number of rotatable bonds is 4. The predicted octanol–water partition coefficient (Wildman–Crippen LogP) is 4.30. The lowest BCUT2D eigenvalue weighted by molar-refractivity contribution is 0.0557. The second-order valence-corrected chi connectivity index (χ2v) is 12.8. The van der Waals surface area contributed by atoms with Crippen LogP contribution in [-0.4, -0.2) is 38.0 Å². The Morgan fingerprint density at radius 1 is 1.29 bits per heavy atom. The fraction of sp³-hybridized carbons (Fsp3) is 0.526. The Hall–Kier alpha value is -1.77. The fourth-order valence-electron chi connectivity index (χ4n) is 2.22. The summed E-state index contributed by atoms with van der Waals surface area (Å²) in [4.78, 5) is 12.5. The maximum Gasteiger partial charge on any atom is 0.409 e. The zero-order valence-corrected chi connectivity index (χ0v) is 16.9. The first-order valence-corrected chi connectivity index (χ1v) is 11.6. The molecule has 0 radical (unpaired) electrons. The molecule has 0 fully saturated rings. The predicted molar refractivity (Wildman–Crippen MR) is 101 cm³/mol. The van der Waals surface area contributed by atoms with Crippen molar-refractivity contribution in [2.24, 2.45) is 0 Å². The molecule has 0 aliphatic carbocycles. The van der Waals surface area contributed by atoms with E-state index in [1.807, 2.05) is 12.1 Å². The van der Waals surface area contributed by atoms with E-state index >= 15 is 0 Å². The molecular weight excluding hydrogens is 318 g/mol. The first-order chi connectivity index (χ1) is 10.9. The number of hydrogen-bond acceptors (Lipinski definition) is 2. The minimum atomic E-state index is -1.45. The fourth-order valence-corrected chi connectivity index (χ4v) is 2.73. The van der Waals surface area contributed by atoms with Gasteiger partial charge in [-0.05, 0) is 22.6 Å². The van der Waals surface area contributed by atoms with Gasteiger partial charge in [0.05, 0.1) is 6.54 Å². The molecule has 1 N–H and O–H groups in total. The highest BCUT2D eigenvalue weighted by Crippen LogP contribution is 2.27. The van der Waals surface area contributed by atoms with Gasteiger partial charge in [0.15, 0.2) is 0 Å². The average Bonchev–Trinajstić information content (AvgIpc) is 2.43. The van der Waals surface area contributed by atoms with Gasteiger partial charge in [-0.25, -0.2) is 4.79 Å². The Morgan fingerprint density at radius 3 is 2.38 bits per heavy atom. The van der Waals surface area contributed by atoms with Crippen molar-refractivity contribution < 1.29 is 14.6 Å². The molecular formula is C19H29NO3Si. The summed E-state index contributed by atoms with van der Waals surface area (Å²) in [5.74, 6) is 3.35. The van der Waals surface area contributed by atoms with Crippen molar-refractivity contribution >= 4 is 14.2 Å². The Balaban J connectivity index is 3.24. The van der Waals surface area contributed by atoms with Gasteiger partial charge in [0.25, 0.3) is 0 Å². The number of methoxy groups -OCH3 is 1. The van der Waals surface area contributed by atoms with Crippen LogP contribution in [-0.2, 0) is 16.7 Å². The second-order valence-electron chi connectivity index (χ2n) is 8.03. The molecule has 0 saturated heterocycles. The third-order valence-electron chi connectivity index (χ3n) is 3.39. The molecule has 0 bridgehead atoms. The molecule has 0 heterocycles. The Kier molecular flexibility index (Phi) is 6.64. The molecule has 0 atom stereocenters. The molecule has 1 aromatic carbocycles. The van der Waals surface area contributed by atoms with Crippen molar-refractivity contribution in [3.8, 4) is 11.5 Å². The summed E-state index contributed by atoms with van der Waals surface area (Å²) < 4.78 is 4.96. The highest BCUT2D eigenvalue weighted by atomic mass is 28.3. The minimum Gasteiger partial charge on any atom is -0.465 e. The van der Waals surface area contributed by atoms with Crippen LogP contribution in [0.2, 0.25) is 19.6 Å². The second kappa shape index (κ2) is 7.87. The van der Waals surface area contributed by atoms with Gasteiger partial charge >= 0.3 is 6.09 Å². The molecule has 24 heavy (non-hydrogen) atoms. The smallest absolute Gasteiger partial charge is 0.409 e. The van der Waals surface area contributed by atoms with Crippen LogP contribution in [0.25, 0.3) is 0 Å². The number of ether oxygens (including phenoxy) is 1. The molecule has 0 spiro atoms. The normalized spacial score (nSPS) is 11.6. The van der Waals surface area contributed by atoms with Gasteiger partial charge in [-0.3, -0.25) is 4.90 Å². The zero-order chi connectivity index (χ0) is 18.5. The monoisotopic (exact) mass is 347 g/mol. The Bertz CT molecular complexity index is 645. The van der Waals surface area contributed by atoms with Gasteiger partial charge in [-0.1, -0.05) is 58.5 Å². The standard InChI is InChI=1S/C19H29NO3Si/c1-19(2,3)17-12-15(13-20(14-23-4)18(21)22)8-9-16(17)10-11-24(5,6)7/h8-9,12H,13-14H2,1-7H3,(H,21,22). The van der Waals surface area contributed by atoms with Crippen LogP contribution in [0.5, 0.6) is 0 Å². The number of hydrogen-bond donors (Lipinski definition) is 1. The highest BCUT2D eigenvalue weighted by Gasteiger charge is 2.20. The van der Waals surface area contributed by atoms with Crippen LogP contribution in [0, 0.1) is 11.5 Å². The highest BCUT2D eigenvalue weighted by molar-refractivity contribution is 6.83. The van der Waals surface area contributed by atoms with E-state index in [1.165, 1.54) is 12.0 Å². The maximum atomic E-state index is 11.3. The molecule has 0 unspecified atom stereocenters. The van der Waals surface area contributed by atoms with Gasteiger partial charge in [0, 0.05) is 12.7 Å². The van der Waals surface area contributed by atoms with Crippen molar-refractivity contribution in [3.05, 3.63) is 34.9 Å². The molecule has 132 valence electrons. The molecule has 5 heteroatoms. The molecule has 0 aromatic heterocycles. The lowest BCUT2D eigenvalue weighted by Crippen LogP contribution is -2.31. The zero-order valence-electron chi connectivity index (χ0n) is 15.9. The molecule has 1 aromatic rings. The van der Waals surface area contributed by atoms with Crippen LogP contribution in [0.15, 0.2) is 18.2 Å². The van der Waals surface area contributed by atoms with E-state index in [9.17, 15) is 9.90 Å². The topological polar surface area (TPSA) is 49.8 Å². The van der Waals surface area contributed by atoms with E-state index in [0.29, 0.717) is 6.54 Å². The van der Waals surface area contributed by atoms with Gasteiger partial charge in [0.1, 0.15) is 14.8 Å². The Labute approximate surface area is 146 Å². The van der Waals surface area contributed by atoms with E-state index in [4.69, 9.17) is 4.74 Å². The first-order valence-electron chi connectivity index (χ1n) is 8.07. The number of nitrogens with zero attached hydrogens (tertiary/aromatic N) is 1. The largest absolute Gasteiger partial charge is 0.465 e. The van der Waals surface area contributed by atoms with E-state index in [0.717, 1.165) is 16.7 Å². The van der Waals surface area contributed by atoms with Crippen LogP contribution in [0.4, 0.5) is 4.79 Å². The molecule has 1 rings (SSSR count). The number of amides is 1. The summed E-state index contributed by atoms with van der Waals surface area (Å²) in [6, 6.07) is 6.03. The van der Waals surface area contributed by atoms with Crippen LogP contribution >= 0.6 is 0 Å². The molecule has 0 aliphatic rings. The van der Waals surface area contributed by atoms with Crippen LogP contribution < -0.4 is 0 Å². The lowest BCUT2D eigenvalue weighted by Gasteiger charge is -2.24. The lowest BCUT2D eigenvalue weighted by atomic mass is 9.83. The maximum absolute atomic E-state index is 11.3. The summed E-state index contributed by atoms with van der Waals surface area (Å²) in [5, 5.41) is 9.25. The molecule has 4 nitrogen and oxygen atoms in total. The van der Waals surface area contributed by atoms with Crippen LogP contribution in [0.3, 0.4) is 0 Å². The third kappa shape index (κ3) is 6.38. The molecule has 0 saturated carbocycles. The summed E-state index contributed by atoms with van der Waals surface area (Å²) >= 11 is 0. The van der Waals surface area contributed by atoms with E-state index in [1.54, 1.807) is 0 Å². The van der Waals surface area contributed by atoms with Gasteiger partial charge in [0.2, 0.25) is 0 Å². The van der Waals surface area contributed by atoms with E-state index < -0.39 is 14.2 Å². The van der Waals surface area contributed by atoms with Gasteiger partial charge in [-0.15, -0.1) is 5.54 Å². The molecule has 1 amide bonds. The summed E-state index contributed by atoms with van der Waals surface area (Å²) in [6.45, 7) is 13.5. The third-order valence-corrected chi connectivity index (χ3v) is 4.27. The number of carbonyl (C=O) groups is 1. The van der Waals surface area contributed by atoms with Crippen molar-refractivity contribution in [1.29, 1.82) is 0 Å². The van der Waals surface area contributed by atoms with Crippen molar-refractivity contribution in [2.75, 3.05) is 13.8 Å². The van der Waals surface area contributed by atoms with E-state index in [2.05, 4.69) is 57.9 Å². The van der Waals surface area contributed by atoms with Crippen molar-refractivity contribution in [2.45, 2.75) is 52.4 Å². The van der Waals surface area contributed by atoms with Crippen molar-refractivity contribution in [3.63, 3.8) is 0 Å². The number of carboxylic acid groups (broad SMARTS) is 1. The van der Waals surface area contributed by atoms with Gasteiger partial charge in [-0.2, -0.15) is 0 Å². The summed E-state index contributed by atoms with van der Waals surface area (Å²) in [5.41, 5.74) is 6.47. The summed E-state index contributed by atoms with van der Waals surface area (Å²) in [6.07, 6.45) is -0.989. The average molecular weight is 348 g/mol. The van der Waals surface area contributed by atoms with E-state index in [-0.39, 0.29) is 12.1 Å². The van der Waals surface area contributed by atoms with Crippen molar-refractivity contribution in [1.82, 2.24) is 4.90 Å². The van der Waals surface area contributed by atoms with Crippen LogP contribution in [0.1, 0.15) is 37.5 Å². The minimum absolute atomic E-state index is 0.0529. The first kappa shape index (κ1) is 20.3. The quantitative estimate of drug-likeness (QED) is 0.502. The summed E-state index contributed by atoms with van der Waals surface area (Å²) in [7, 11) is 0.0406. The van der Waals surface area contributed by atoms with Gasteiger partial charge < -0.3 is 9.84 Å². The SMILES string of the molecule is COCN(Cc1ccc(C#C[Si](C)(C)C)c(C(C)(C)C)c1)C(=O)O. The number of benzene rings is 1. The Morgan fingerprint density at radius 2 is 1.92 bits per heavy atom.